The molecule has 2 nitrogen and oxygen atoms in total. The third-order valence-electron chi connectivity index (χ3n) is 5.29. The number of nitrogens with zero attached hydrogens (tertiary/aromatic N) is 1. The Kier molecular flexibility index (Phi) is 6.35. The van der Waals surface area contributed by atoms with Crippen LogP contribution in [0.4, 0.5) is 0 Å². The van der Waals surface area contributed by atoms with Crippen LogP contribution in [0.3, 0.4) is 0 Å². The second kappa shape index (κ2) is 7.79. The van der Waals surface area contributed by atoms with Crippen LogP contribution in [0.15, 0.2) is 0 Å². The molecular formula is C18H35NO. The summed E-state index contributed by atoms with van der Waals surface area (Å²) < 4.78 is 6.02. The molecule has 0 aromatic rings. The lowest BCUT2D eigenvalue weighted by Crippen LogP contribution is -2.50. The molecule has 20 heavy (non-hydrogen) atoms. The second-order valence-corrected chi connectivity index (χ2v) is 7.92. The van der Waals surface area contributed by atoms with Gasteiger partial charge in [-0.05, 0) is 55.8 Å². The van der Waals surface area contributed by atoms with E-state index >= 15 is 0 Å². The molecule has 0 aromatic heterocycles. The van der Waals surface area contributed by atoms with Crippen molar-refractivity contribution < 1.29 is 4.74 Å². The molecule has 1 saturated carbocycles. The van der Waals surface area contributed by atoms with E-state index in [-0.39, 0.29) is 0 Å². The first-order valence-corrected chi connectivity index (χ1v) is 8.88. The summed E-state index contributed by atoms with van der Waals surface area (Å²) in [6.07, 6.45) is 7.13. The van der Waals surface area contributed by atoms with Gasteiger partial charge < -0.3 is 9.64 Å². The van der Waals surface area contributed by atoms with Crippen LogP contribution in [0, 0.1) is 23.7 Å². The molecule has 1 aliphatic heterocycles. The highest BCUT2D eigenvalue weighted by molar-refractivity contribution is 4.84. The van der Waals surface area contributed by atoms with Crippen molar-refractivity contribution in [3.8, 4) is 0 Å². The van der Waals surface area contributed by atoms with Gasteiger partial charge in [-0.1, -0.05) is 27.7 Å². The molecule has 1 heterocycles. The predicted octanol–water partition coefficient (Wildman–Crippen LogP) is 4.20. The summed E-state index contributed by atoms with van der Waals surface area (Å²) in [5.74, 6) is 3.54. The third kappa shape index (κ3) is 5.04. The molecule has 0 radical (unpaired) electrons. The summed E-state index contributed by atoms with van der Waals surface area (Å²) in [6.45, 7) is 14.3. The third-order valence-corrected chi connectivity index (χ3v) is 5.29. The zero-order valence-corrected chi connectivity index (χ0v) is 14.1. The summed E-state index contributed by atoms with van der Waals surface area (Å²) in [6, 6.07) is 0. The molecule has 0 aromatic carbocycles. The van der Waals surface area contributed by atoms with Gasteiger partial charge in [-0.2, -0.15) is 0 Å². The van der Waals surface area contributed by atoms with Crippen molar-refractivity contribution >= 4 is 0 Å². The molecule has 2 rings (SSSR count). The molecule has 2 fully saturated rings. The minimum absolute atomic E-state index is 0.560. The minimum atomic E-state index is 0.560. The average molecular weight is 281 g/mol. The number of hydrogen-bond acceptors (Lipinski definition) is 2. The monoisotopic (exact) mass is 281 g/mol. The van der Waals surface area contributed by atoms with Crippen LogP contribution in [0.2, 0.25) is 0 Å². The van der Waals surface area contributed by atoms with Gasteiger partial charge in [0.15, 0.2) is 0 Å². The Bertz CT molecular complexity index is 263. The highest BCUT2D eigenvalue weighted by atomic mass is 16.5. The highest BCUT2D eigenvalue weighted by Crippen LogP contribution is 2.30. The van der Waals surface area contributed by atoms with Crippen LogP contribution in [0.1, 0.15) is 59.8 Å². The first-order chi connectivity index (χ1) is 9.54. The van der Waals surface area contributed by atoms with Crippen LogP contribution in [0.25, 0.3) is 0 Å². The molecule has 1 aliphatic carbocycles. The Labute approximate surface area is 126 Å². The summed E-state index contributed by atoms with van der Waals surface area (Å²) in [7, 11) is 0. The molecular weight excluding hydrogens is 246 g/mol. The smallest absolute Gasteiger partial charge is 0.0575 e. The van der Waals surface area contributed by atoms with E-state index < -0.39 is 0 Å². The Morgan fingerprint density at radius 2 is 1.65 bits per heavy atom. The maximum Gasteiger partial charge on any atom is 0.0575 e. The molecule has 1 saturated heterocycles. The van der Waals surface area contributed by atoms with Gasteiger partial charge in [0.1, 0.15) is 0 Å². The van der Waals surface area contributed by atoms with E-state index in [9.17, 15) is 0 Å². The molecule has 118 valence electrons. The number of rotatable bonds is 7. The lowest BCUT2D eigenvalue weighted by molar-refractivity contribution is -0.00217. The van der Waals surface area contributed by atoms with E-state index in [0.717, 1.165) is 30.3 Å². The van der Waals surface area contributed by atoms with Crippen molar-refractivity contribution in [1.82, 2.24) is 4.90 Å². The molecule has 0 bridgehead atoms. The molecule has 0 atom stereocenters. The zero-order valence-electron chi connectivity index (χ0n) is 14.1. The fourth-order valence-corrected chi connectivity index (χ4v) is 3.50. The van der Waals surface area contributed by atoms with Gasteiger partial charge in [0.2, 0.25) is 0 Å². The maximum absolute atomic E-state index is 6.02. The Balaban J connectivity index is 1.54. The Morgan fingerprint density at radius 1 is 1.00 bits per heavy atom. The lowest BCUT2D eigenvalue weighted by atomic mass is 9.83. The van der Waals surface area contributed by atoms with Crippen molar-refractivity contribution in [3.05, 3.63) is 0 Å². The summed E-state index contributed by atoms with van der Waals surface area (Å²) in [4.78, 5) is 2.68. The van der Waals surface area contributed by atoms with Gasteiger partial charge in [0.25, 0.3) is 0 Å². The highest BCUT2D eigenvalue weighted by Gasteiger charge is 2.31. The molecule has 0 N–H and O–H groups in total. The number of likely N-dealkylation sites (tertiary alicyclic amines) is 1. The molecule has 0 unspecified atom stereocenters. The lowest BCUT2D eigenvalue weighted by Gasteiger charge is -2.44. The quantitative estimate of drug-likeness (QED) is 0.693. The zero-order chi connectivity index (χ0) is 14.5. The maximum atomic E-state index is 6.02. The SMILES string of the molecule is CC(C)CCOC1CCC(CN2CC(C(C)C)C2)CC1. The van der Waals surface area contributed by atoms with E-state index in [4.69, 9.17) is 4.74 Å². The van der Waals surface area contributed by atoms with Gasteiger partial charge in [0.05, 0.1) is 6.10 Å². The summed E-state index contributed by atoms with van der Waals surface area (Å²) in [5, 5.41) is 0. The van der Waals surface area contributed by atoms with E-state index in [0.29, 0.717) is 6.10 Å². The standard InChI is InChI=1S/C18H35NO/c1-14(2)9-10-20-18-7-5-16(6-8-18)11-19-12-17(13-19)15(3)4/h14-18H,5-13H2,1-4H3. The van der Waals surface area contributed by atoms with Crippen molar-refractivity contribution in [2.45, 2.75) is 65.9 Å². The van der Waals surface area contributed by atoms with E-state index in [1.165, 1.54) is 51.7 Å². The van der Waals surface area contributed by atoms with Gasteiger partial charge >= 0.3 is 0 Å². The fourth-order valence-electron chi connectivity index (χ4n) is 3.50. The van der Waals surface area contributed by atoms with E-state index in [1.807, 2.05) is 0 Å². The van der Waals surface area contributed by atoms with Gasteiger partial charge in [-0.15, -0.1) is 0 Å². The Hall–Kier alpha value is -0.0800. The molecule has 0 amide bonds. The van der Waals surface area contributed by atoms with E-state index in [1.54, 1.807) is 0 Å². The normalized spacial score (nSPS) is 29.1. The van der Waals surface area contributed by atoms with Crippen LogP contribution in [-0.2, 0) is 4.74 Å². The minimum Gasteiger partial charge on any atom is -0.378 e. The van der Waals surface area contributed by atoms with Crippen molar-refractivity contribution in [1.29, 1.82) is 0 Å². The van der Waals surface area contributed by atoms with E-state index in [2.05, 4.69) is 32.6 Å². The first-order valence-electron chi connectivity index (χ1n) is 8.88. The van der Waals surface area contributed by atoms with Gasteiger partial charge in [0, 0.05) is 26.2 Å². The van der Waals surface area contributed by atoms with Crippen LogP contribution >= 0.6 is 0 Å². The number of hydrogen-bond donors (Lipinski definition) is 0. The fraction of sp³-hybridized carbons (Fsp3) is 1.00. The van der Waals surface area contributed by atoms with Crippen molar-refractivity contribution in [2.24, 2.45) is 23.7 Å². The van der Waals surface area contributed by atoms with Gasteiger partial charge in [-0.25, -0.2) is 0 Å². The van der Waals surface area contributed by atoms with Crippen LogP contribution in [-0.4, -0.2) is 37.2 Å². The summed E-state index contributed by atoms with van der Waals surface area (Å²) >= 11 is 0. The topological polar surface area (TPSA) is 12.5 Å². The van der Waals surface area contributed by atoms with Crippen LogP contribution < -0.4 is 0 Å². The molecule has 2 aliphatic rings. The largest absolute Gasteiger partial charge is 0.378 e. The van der Waals surface area contributed by atoms with Gasteiger partial charge in [-0.3, -0.25) is 0 Å². The number of ether oxygens (including phenoxy) is 1. The predicted molar refractivity (Wildman–Crippen MR) is 85.9 cm³/mol. The van der Waals surface area contributed by atoms with Crippen molar-refractivity contribution in [3.63, 3.8) is 0 Å². The second-order valence-electron chi connectivity index (χ2n) is 7.92. The first kappa shape index (κ1) is 16.3. The average Bonchev–Trinajstić information content (AvgIpc) is 2.34. The van der Waals surface area contributed by atoms with Crippen molar-refractivity contribution in [2.75, 3.05) is 26.2 Å². The Morgan fingerprint density at radius 3 is 2.20 bits per heavy atom. The summed E-state index contributed by atoms with van der Waals surface area (Å²) in [5.41, 5.74) is 0. The molecule has 2 heteroatoms. The molecule has 0 spiro atoms. The van der Waals surface area contributed by atoms with Crippen LogP contribution in [0.5, 0.6) is 0 Å².